The minimum Gasteiger partial charge on any atom is -0.493 e. The lowest BCUT2D eigenvalue weighted by Crippen LogP contribution is -2.42. The minimum atomic E-state index is -1.26. The first-order chi connectivity index (χ1) is 24.5. The maximum absolute atomic E-state index is 13.6. The maximum atomic E-state index is 13.6. The van der Waals surface area contributed by atoms with Crippen LogP contribution in [0.25, 0.3) is 11.0 Å². The molecule has 1 saturated heterocycles. The van der Waals surface area contributed by atoms with Crippen LogP contribution in [0.5, 0.6) is 11.5 Å². The molecular formula is C38H49FN2O10. The third-order valence-electron chi connectivity index (χ3n) is 8.54. The number of unbranched alkanes of at least 4 members (excludes halogenated alkanes) is 6. The number of carbonyl (C=O) groups is 4. The Hall–Kier alpha value is -4.78. The molecule has 0 amide bonds. The molecule has 3 aromatic rings. The smallest absolute Gasteiger partial charge is 0.328 e. The molecule has 1 unspecified atom stereocenters. The normalized spacial score (nSPS) is 14.1. The van der Waals surface area contributed by atoms with Gasteiger partial charge in [0.2, 0.25) is 0 Å². The number of likely N-dealkylation sites (tertiary alicyclic amines) is 1. The molecule has 0 radical (unpaired) electrons. The van der Waals surface area contributed by atoms with Crippen molar-refractivity contribution in [1.82, 2.24) is 10.1 Å². The van der Waals surface area contributed by atoms with Gasteiger partial charge in [-0.15, -0.1) is 0 Å². The van der Waals surface area contributed by atoms with Crippen molar-refractivity contribution >= 4 is 34.7 Å². The van der Waals surface area contributed by atoms with Gasteiger partial charge in [0.1, 0.15) is 18.5 Å². The zero-order valence-corrected chi connectivity index (χ0v) is 29.6. The number of nitrogens with zero attached hydrogens (tertiary/aromatic N) is 2. The first-order valence-electron chi connectivity index (χ1n) is 17.4. The van der Waals surface area contributed by atoms with Gasteiger partial charge in [0.15, 0.2) is 22.9 Å². The molecule has 0 spiro atoms. The van der Waals surface area contributed by atoms with E-state index in [0.29, 0.717) is 47.8 Å². The Kier molecular flexibility index (Phi) is 17.1. The standard InChI is InChI=1S/C34H45FN2O6.C4H4O4/c1-4-5-6-7-8-9-10-11-33(39)42-28(23-41-30-15-12-26(24(2)38)20-32(30)40-3)22-37-18-16-25(17-19-37)34-29-14-13-27(35)21-31(29)43-36-34;5-3(6)1-2-4(7)8/h12-15,20-21,25,28H,4-11,16-19,22-23H2,1-3H3;1-2H,(H,5,6)(H,7,8)/b;2-1+. The highest BCUT2D eigenvalue weighted by Crippen LogP contribution is 2.33. The summed E-state index contributed by atoms with van der Waals surface area (Å²) in [6, 6.07) is 9.62. The second-order valence-corrected chi connectivity index (χ2v) is 12.5. The molecule has 1 aliphatic heterocycles. The molecule has 0 aliphatic carbocycles. The second kappa shape index (κ2) is 21.4. The number of carbonyl (C=O) groups excluding carboxylic acids is 2. The van der Waals surface area contributed by atoms with Crippen LogP contribution >= 0.6 is 0 Å². The molecule has 1 atom stereocenters. The summed E-state index contributed by atoms with van der Waals surface area (Å²) in [6.45, 7) is 6.00. The molecule has 0 bridgehead atoms. The Morgan fingerprint density at radius 2 is 1.63 bits per heavy atom. The van der Waals surface area contributed by atoms with E-state index in [0.717, 1.165) is 56.3 Å². The summed E-state index contributed by atoms with van der Waals surface area (Å²) in [5, 5.41) is 20.7. The molecule has 13 heteroatoms. The van der Waals surface area contributed by atoms with Gasteiger partial charge in [0.05, 0.1) is 12.8 Å². The van der Waals surface area contributed by atoms with E-state index in [1.54, 1.807) is 24.3 Å². The molecule has 12 nitrogen and oxygen atoms in total. The van der Waals surface area contributed by atoms with E-state index in [-0.39, 0.29) is 30.1 Å². The molecule has 4 rings (SSSR count). The Morgan fingerprint density at radius 3 is 2.25 bits per heavy atom. The number of Topliss-reactive ketones (excluding diaryl/α,β-unsaturated/α-hetero) is 1. The lowest BCUT2D eigenvalue weighted by atomic mass is 9.91. The number of ether oxygens (including phenoxy) is 3. The van der Waals surface area contributed by atoms with Crippen LogP contribution < -0.4 is 9.47 Å². The number of methoxy groups -OCH3 is 1. The highest BCUT2D eigenvalue weighted by molar-refractivity contribution is 5.94. The number of hydrogen-bond acceptors (Lipinski definition) is 10. The first-order valence-corrected chi connectivity index (χ1v) is 17.4. The molecule has 1 aromatic heterocycles. The van der Waals surface area contributed by atoms with E-state index >= 15 is 0 Å². The van der Waals surface area contributed by atoms with Crippen molar-refractivity contribution in [1.29, 1.82) is 0 Å². The van der Waals surface area contributed by atoms with Gasteiger partial charge in [-0.3, -0.25) is 14.5 Å². The van der Waals surface area contributed by atoms with E-state index < -0.39 is 18.0 Å². The average Bonchev–Trinajstić information content (AvgIpc) is 3.52. The van der Waals surface area contributed by atoms with Gasteiger partial charge in [0, 0.05) is 48.1 Å². The van der Waals surface area contributed by atoms with Crippen molar-refractivity contribution in [3.63, 3.8) is 0 Å². The number of hydrogen-bond donors (Lipinski definition) is 2. The van der Waals surface area contributed by atoms with Gasteiger partial charge in [-0.25, -0.2) is 14.0 Å². The van der Waals surface area contributed by atoms with Gasteiger partial charge < -0.3 is 28.9 Å². The molecular weight excluding hydrogens is 663 g/mol. The fourth-order valence-corrected chi connectivity index (χ4v) is 5.83. The molecule has 278 valence electrons. The van der Waals surface area contributed by atoms with Crippen LogP contribution in [0.2, 0.25) is 0 Å². The van der Waals surface area contributed by atoms with Gasteiger partial charge in [-0.1, -0.05) is 50.6 Å². The highest BCUT2D eigenvalue weighted by Gasteiger charge is 2.28. The largest absolute Gasteiger partial charge is 0.493 e. The van der Waals surface area contributed by atoms with Crippen molar-refractivity contribution in [2.24, 2.45) is 0 Å². The molecule has 51 heavy (non-hydrogen) atoms. The first kappa shape index (κ1) is 40.6. The van der Waals surface area contributed by atoms with Crippen molar-refractivity contribution < 1.29 is 52.5 Å². The van der Waals surface area contributed by atoms with Gasteiger partial charge in [-0.05, 0) is 69.6 Å². The van der Waals surface area contributed by atoms with E-state index in [2.05, 4.69) is 17.0 Å². The molecule has 2 N–H and O–H groups in total. The van der Waals surface area contributed by atoms with Crippen LogP contribution in [0.4, 0.5) is 4.39 Å². The SMILES string of the molecule is CCCCCCCCCC(=O)OC(COc1ccc(C(C)=O)cc1OC)CN1CCC(c2noc3cc(F)ccc23)CC1.O=C(O)/C=C/C(=O)O. The van der Waals surface area contributed by atoms with Crippen molar-refractivity contribution in [3.05, 3.63) is 65.6 Å². The number of carboxylic acids is 2. The third kappa shape index (κ3) is 14.2. The lowest BCUT2D eigenvalue weighted by molar-refractivity contribution is -0.152. The van der Waals surface area contributed by atoms with E-state index in [9.17, 15) is 23.6 Å². The maximum Gasteiger partial charge on any atom is 0.328 e. The predicted octanol–water partition coefficient (Wildman–Crippen LogP) is 7.20. The number of ketones is 1. The van der Waals surface area contributed by atoms with Crippen LogP contribution in [0.3, 0.4) is 0 Å². The highest BCUT2D eigenvalue weighted by atomic mass is 19.1. The van der Waals surface area contributed by atoms with E-state index in [4.69, 9.17) is 28.9 Å². The topological polar surface area (TPSA) is 166 Å². The van der Waals surface area contributed by atoms with Crippen LogP contribution in [0, 0.1) is 5.82 Å². The van der Waals surface area contributed by atoms with Crippen LogP contribution in [0.15, 0.2) is 53.1 Å². The Balaban J connectivity index is 0.000000783. The Morgan fingerprint density at radius 1 is 0.961 bits per heavy atom. The number of halogens is 1. The van der Waals surface area contributed by atoms with E-state index in [1.807, 2.05) is 0 Å². The predicted molar refractivity (Wildman–Crippen MR) is 188 cm³/mol. The van der Waals surface area contributed by atoms with Gasteiger partial charge >= 0.3 is 17.9 Å². The van der Waals surface area contributed by atoms with Gasteiger partial charge in [-0.2, -0.15) is 0 Å². The van der Waals surface area contributed by atoms with Crippen molar-refractivity contribution in [2.45, 2.75) is 90.1 Å². The molecule has 1 aliphatic rings. The monoisotopic (exact) mass is 712 g/mol. The molecule has 2 heterocycles. The number of esters is 1. The number of piperidine rings is 1. The van der Waals surface area contributed by atoms with Crippen LogP contribution in [-0.4, -0.2) is 83.4 Å². The summed E-state index contributed by atoms with van der Waals surface area (Å²) in [5.41, 5.74) is 1.88. The lowest BCUT2D eigenvalue weighted by Gasteiger charge is -2.33. The molecule has 2 aromatic carbocycles. The van der Waals surface area contributed by atoms with Crippen LogP contribution in [-0.2, 0) is 19.1 Å². The zero-order valence-electron chi connectivity index (χ0n) is 29.6. The number of benzene rings is 2. The summed E-state index contributed by atoms with van der Waals surface area (Å²) in [7, 11) is 1.53. The molecule has 0 saturated carbocycles. The summed E-state index contributed by atoms with van der Waals surface area (Å²) in [5.74, 6) is -1.96. The average molecular weight is 713 g/mol. The zero-order chi connectivity index (χ0) is 37.2. The van der Waals surface area contributed by atoms with E-state index in [1.165, 1.54) is 51.8 Å². The minimum absolute atomic E-state index is 0.0591. The number of rotatable bonds is 19. The fraction of sp³-hybridized carbons (Fsp3) is 0.500. The summed E-state index contributed by atoms with van der Waals surface area (Å²) in [6.07, 6.45) is 10.7. The number of aromatic nitrogens is 1. The summed E-state index contributed by atoms with van der Waals surface area (Å²) < 4.78 is 36.5. The van der Waals surface area contributed by atoms with Crippen LogP contribution in [0.1, 0.15) is 100 Å². The second-order valence-electron chi connectivity index (χ2n) is 12.5. The summed E-state index contributed by atoms with van der Waals surface area (Å²) >= 11 is 0. The Bertz CT molecular complexity index is 1600. The van der Waals surface area contributed by atoms with Crippen molar-refractivity contribution in [3.8, 4) is 11.5 Å². The molecule has 1 fully saturated rings. The van der Waals surface area contributed by atoms with Gasteiger partial charge in [0.25, 0.3) is 0 Å². The number of fused-ring (bicyclic) bond motifs is 1. The number of aliphatic carboxylic acids is 2. The summed E-state index contributed by atoms with van der Waals surface area (Å²) in [4.78, 5) is 46.0. The number of carboxylic acid groups (broad SMARTS) is 2. The fourth-order valence-electron chi connectivity index (χ4n) is 5.83. The third-order valence-corrected chi connectivity index (χ3v) is 8.54. The van der Waals surface area contributed by atoms with Crippen molar-refractivity contribution in [2.75, 3.05) is 33.4 Å². The Labute approximate surface area is 297 Å². The quantitative estimate of drug-likeness (QED) is 0.0556.